The van der Waals surface area contributed by atoms with E-state index in [1.807, 2.05) is 41.8 Å². The summed E-state index contributed by atoms with van der Waals surface area (Å²) in [6, 6.07) is 16.1. The van der Waals surface area contributed by atoms with Crippen LogP contribution in [0.5, 0.6) is 0 Å². The fourth-order valence-corrected chi connectivity index (χ4v) is 3.96. The number of benzene rings is 1. The molecule has 0 spiro atoms. The molecule has 0 radical (unpaired) electrons. The van der Waals surface area contributed by atoms with Crippen LogP contribution >= 0.6 is 22.9 Å². The van der Waals surface area contributed by atoms with Crippen molar-refractivity contribution >= 4 is 28.8 Å². The van der Waals surface area contributed by atoms with Gasteiger partial charge in [-0.3, -0.25) is 14.2 Å². The number of carbonyl (C=O) groups excluding carboxylic acids is 1. The van der Waals surface area contributed by atoms with Crippen LogP contribution in [0.25, 0.3) is 11.4 Å². The maximum atomic E-state index is 12.3. The second kappa shape index (κ2) is 8.06. The second-order valence-corrected chi connectivity index (χ2v) is 8.07. The molecule has 3 aromatic heterocycles. The van der Waals surface area contributed by atoms with Gasteiger partial charge in [0.05, 0.1) is 33.5 Å². The minimum Gasteiger partial charge on any atom is -0.346 e. The third-order valence-electron chi connectivity index (χ3n) is 4.52. The summed E-state index contributed by atoms with van der Waals surface area (Å²) in [7, 11) is 0. The number of hydrogen-bond acceptors (Lipinski definition) is 4. The summed E-state index contributed by atoms with van der Waals surface area (Å²) in [5.74, 6) is -0.173. The summed E-state index contributed by atoms with van der Waals surface area (Å²) in [5, 5.41) is 2.92. The van der Waals surface area contributed by atoms with Crippen molar-refractivity contribution in [3.63, 3.8) is 0 Å². The summed E-state index contributed by atoms with van der Waals surface area (Å²) in [4.78, 5) is 29.3. The maximum Gasteiger partial charge on any atom is 0.261 e. The van der Waals surface area contributed by atoms with Crippen molar-refractivity contribution < 1.29 is 4.79 Å². The molecule has 0 atom stereocenters. The Labute approximate surface area is 176 Å². The molecule has 4 aromatic rings. The van der Waals surface area contributed by atoms with E-state index in [4.69, 9.17) is 11.6 Å². The molecule has 6 nitrogen and oxygen atoms in total. The third kappa shape index (κ3) is 4.01. The molecule has 4 rings (SSSR count). The predicted octanol–water partition coefficient (Wildman–Crippen LogP) is 3.98. The summed E-state index contributed by atoms with van der Waals surface area (Å²) in [6.07, 6.45) is 3.46. The first kappa shape index (κ1) is 19.2. The predicted molar refractivity (Wildman–Crippen MR) is 114 cm³/mol. The zero-order valence-corrected chi connectivity index (χ0v) is 17.1. The number of aryl methyl sites for hydroxylation is 1. The molecule has 146 valence electrons. The van der Waals surface area contributed by atoms with Gasteiger partial charge in [0.1, 0.15) is 0 Å². The SMILES string of the molecule is Cc1ncn(-c2ccc(-n3ccccc3=O)cc2)c1CNC(=O)c1ccc(Cl)s1. The second-order valence-electron chi connectivity index (χ2n) is 6.36. The van der Waals surface area contributed by atoms with E-state index in [-0.39, 0.29) is 11.5 Å². The number of pyridine rings is 1. The monoisotopic (exact) mass is 424 g/mol. The van der Waals surface area contributed by atoms with Crippen LogP contribution in [-0.2, 0) is 6.54 Å². The Morgan fingerprint density at radius 2 is 1.79 bits per heavy atom. The lowest BCUT2D eigenvalue weighted by atomic mass is 10.2. The van der Waals surface area contributed by atoms with Crippen molar-refractivity contribution in [2.24, 2.45) is 0 Å². The molecule has 3 heterocycles. The zero-order valence-electron chi connectivity index (χ0n) is 15.5. The zero-order chi connectivity index (χ0) is 20.4. The number of thiophene rings is 1. The van der Waals surface area contributed by atoms with Crippen LogP contribution in [0, 0.1) is 6.92 Å². The number of nitrogens with zero attached hydrogens (tertiary/aromatic N) is 3. The first-order valence-corrected chi connectivity index (χ1v) is 10.1. The summed E-state index contributed by atoms with van der Waals surface area (Å²) in [5.41, 5.74) is 3.29. The maximum absolute atomic E-state index is 12.3. The number of imidazole rings is 1. The van der Waals surface area contributed by atoms with Crippen LogP contribution < -0.4 is 10.9 Å². The van der Waals surface area contributed by atoms with E-state index in [0.29, 0.717) is 15.8 Å². The molecule has 0 unspecified atom stereocenters. The highest BCUT2D eigenvalue weighted by Gasteiger charge is 2.13. The standard InChI is InChI=1S/C21H17ClN4O2S/c1-14-17(12-23-21(28)18-9-10-19(22)29-18)26(13-24-14)16-7-5-15(6-8-16)25-11-3-2-4-20(25)27/h2-11,13H,12H2,1H3,(H,23,28). The van der Waals surface area contributed by atoms with Gasteiger partial charge in [-0.1, -0.05) is 17.7 Å². The first-order valence-electron chi connectivity index (χ1n) is 8.88. The van der Waals surface area contributed by atoms with Crippen LogP contribution in [-0.4, -0.2) is 20.0 Å². The molecule has 0 saturated carbocycles. The van der Waals surface area contributed by atoms with Crippen LogP contribution in [0.2, 0.25) is 4.34 Å². The Hall–Kier alpha value is -3.16. The number of amides is 1. The van der Waals surface area contributed by atoms with Crippen molar-refractivity contribution in [1.82, 2.24) is 19.4 Å². The molecule has 1 aromatic carbocycles. The molecule has 29 heavy (non-hydrogen) atoms. The van der Waals surface area contributed by atoms with Crippen molar-refractivity contribution in [2.75, 3.05) is 0 Å². The van der Waals surface area contributed by atoms with E-state index in [1.165, 1.54) is 17.4 Å². The van der Waals surface area contributed by atoms with Gasteiger partial charge in [0.2, 0.25) is 0 Å². The number of hydrogen-bond donors (Lipinski definition) is 1. The summed E-state index contributed by atoms with van der Waals surface area (Å²) >= 11 is 7.15. The Balaban J connectivity index is 1.56. The Bertz CT molecular complexity index is 1220. The van der Waals surface area contributed by atoms with Gasteiger partial charge >= 0.3 is 0 Å². The number of carbonyl (C=O) groups is 1. The molecule has 1 N–H and O–H groups in total. The van der Waals surface area contributed by atoms with E-state index in [1.54, 1.807) is 35.3 Å². The van der Waals surface area contributed by atoms with Crippen LogP contribution in [0.1, 0.15) is 21.1 Å². The number of rotatable bonds is 5. The van der Waals surface area contributed by atoms with E-state index in [2.05, 4.69) is 10.3 Å². The molecule has 8 heteroatoms. The average molecular weight is 425 g/mol. The minimum absolute atomic E-state index is 0.0872. The van der Waals surface area contributed by atoms with Gasteiger partial charge in [-0.2, -0.15) is 0 Å². The van der Waals surface area contributed by atoms with Gasteiger partial charge < -0.3 is 9.88 Å². The summed E-state index contributed by atoms with van der Waals surface area (Å²) in [6.45, 7) is 2.23. The molecule has 0 aliphatic carbocycles. The molecule has 0 saturated heterocycles. The topological polar surface area (TPSA) is 68.9 Å². The number of nitrogens with one attached hydrogen (secondary N) is 1. The van der Waals surface area contributed by atoms with Crippen LogP contribution in [0.4, 0.5) is 0 Å². The Kier molecular flexibility index (Phi) is 5.33. The smallest absolute Gasteiger partial charge is 0.261 e. The lowest BCUT2D eigenvalue weighted by molar-refractivity contribution is 0.0954. The van der Waals surface area contributed by atoms with E-state index in [9.17, 15) is 9.59 Å². The first-order chi connectivity index (χ1) is 14.0. The van der Waals surface area contributed by atoms with E-state index >= 15 is 0 Å². The highest BCUT2D eigenvalue weighted by molar-refractivity contribution is 7.17. The largest absolute Gasteiger partial charge is 0.346 e. The van der Waals surface area contributed by atoms with E-state index < -0.39 is 0 Å². The van der Waals surface area contributed by atoms with Crippen LogP contribution in [0.3, 0.4) is 0 Å². The molecule has 0 aliphatic heterocycles. The molecule has 0 bridgehead atoms. The molecular formula is C21H17ClN4O2S. The van der Waals surface area contributed by atoms with Crippen molar-refractivity contribution in [1.29, 1.82) is 0 Å². The number of aromatic nitrogens is 3. The lowest BCUT2D eigenvalue weighted by Crippen LogP contribution is -2.23. The Morgan fingerprint density at radius 1 is 1.07 bits per heavy atom. The average Bonchev–Trinajstić information content (AvgIpc) is 3.32. The van der Waals surface area contributed by atoms with Gasteiger partial charge in [0.25, 0.3) is 11.5 Å². The van der Waals surface area contributed by atoms with Gasteiger partial charge in [0, 0.05) is 23.6 Å². The van der Waals surface area contributed by atoms with Gasteiger partial charge in [-0.15, -0.1) is 11.3 Å². The number of halogens is 1. The third-order valence-corrected chi connectivity index (χ3v) is 5.75. The Morgan fingerprint density at radius 3 is 2.45 bits per heavy atom. The fourth-order valence-electron chi connectivity index (χ4n) is 3.00. The normalized spacial score (nSPS) is 10.8. The summed E-state index contributed by atoms with van der Waals surface area (Å²) < 4.78 is 4.08. The minimum atomic E-state index is -0.173. The quantitative estimate of drug-likeness (QED) is 0.527. The van der Waals surface area contributed by atoms with Crippen molar-refractivity contribution in [2.45, 2.75) is 13.5 Å². The van der Waals surface area contributed by atoms with E-state index in [0.717, 1.165) is 22.8 Å². The molecule has 1 amide bonds. The van der Waals surface area contributed by atoms with Crippen LogP contribution in [0.15, 0.2) is 71.9 Å². The highest BCUT2D eigenvalue weighted by Crippen LogP contribution is 2.22. The fraction of sp³-hybridized carbons (Fsp3) is 0.0952. The highest BCUT2D eigenvalue weighted by atomic mass is 35.5. The van der Waals surface area contributed by atoms with Crippen molar-refractivity contribution in [3.8, 4) is 11.4 Å². The van der Waals surface area contributed by atoms with Gasteiger partial charge in [-0.05, 0) is 49.4 Å². The molecule has 0 fully saturated rings. The molecular weight excluding hydrogens is 408 g/mol. The lowest BCUT2D eigenvalue weighted by Gasteiger charge is -2.11. The van der Waals surface area contributed by atoms with Crippen molar-refractivity contribution in [3.05, 3.63) is 98.1 Å². The van der Waals surface area contributed by atoms with Gasteiger partial charge in [0.15, 0.2) is 0 Å². The van der Waals surface area contributed by atoms with Gasteiger partial charge in [-0.25, -0.2) is 4.98 Å². The molecule has 0 aliphatic rings.